The fraction of sp³-hybridized carbons (Fsp3) is 0.778. The Hall–Kier alpha value is -1.56. The van der Waals surface area contributed by atoms with Crippen molar-refractivity contribution in [1.29, 1.82) is 0 Å². The Labute approximate surface area is 146 Å². The van der Waals surface area contributed by atoms with Crippen LogP contribution in [-0.4, -0.2) is 59.4 Å². The molecule has 0 spiro atoms. The van der Waals surface area contributed by atoms with Gasteiger partial charge >= 0.3 is 0 Å². The molecule has 2 heterocycles. The van der Waals surface area contributed by atoms with Crippen molar-refractivity contribution in [2.45, 2.75) is 52.6 Å². The van der Waals surface area contributed by atoms with E-state index in [2.05, 4.69) is 41.4 Å². The van der Waals surface area contributed by atoms with Gasteiger partial charge in [-0.2, -0.15) is 5.10 Å². The Morgan fingerprint density at radius 3 is 2.96 bits per heavy atom. The van der Waals surface area contributed by atoms with E-state index in [9.17, 15) is 0 Å². The molecule has 2 N–H and O–H groups in total. The van der Waals surface area contributed by atoms with Crippen molar-refractivity contribution < 1.29 is 0 Å². The van der Waals surface area contributed by atoms with Crippen LogP contribution < -0.4 is 10.6 Å². The van der Waals surface area contributed by atoms with Crippen LogP contribution in [0.5, 0.6) is 0 Å². The summed E-state index contributed by atoms with van der Waals surface area (Å²) in [5.41, 5.74) is 0. The van der Waals surface area contributed by atoms with E-state index in [4.69, 9.17) is 4.99 Å². The summed E-state index contributed by atoms with van der Waals surface area (Å²) in [4.78, 5) is 7.39. The second-order valence-electron chi connectivity index (χ2n) is 6.87. The summed E-state index contributed by atoms with van der Waals surface area (Å²) in [5, 5.41) is 11.0. The zero-order valence-corrected chi connectivity index (χ0v) is 15.5. The van der Waals surface area contributed by atoms with Crippen LogP contribution in [0.2, 0.25) is 0 Å². The van der Waals surface area contributed by atoms with Crippen LogP contribution in [0.3, 0.4) is 0 Å². The predicted octanol–water partition coefficient (Wildman–Crippen LogP) is 1.95. The third kappa shape index (κ3) is 6.51. The molecule has 1 aromatic rings. The maximum absolute atomic E-state index is 4.81. The van der Waals surface area contributed by atoms with Gasteiger partial charge in [-0.25, -0.2) is 0 Å². The Bertz CT molecular complexity index is 468. The van der Waals surface area contributed by atoms with Gasteiger partial charge in [-0.3, -0.25) is 9.67 Å². The number of aryl methyl sites for hydroxylation is 1. The van der Waals surface area contributed by atoms with Crippen molar-refractivity contribution in [1.82, 2.24) is 25.3 Å². The molecule has 1 fully saturated rings. The van der Waals surface area contributed by atoms with Gasteiger partial charge in [0.15, 0.2) is 5.96 Å². The van der Waals surface area contributed by atoms with E-state index in [0.29, 0.717) is 12.0 Å². The number of aromatic nitrogens is 2. The van der Waals surface area contributed by atoms with Crippen LogP contribution in [0.25, 0.3) is 0 Å². The van der Waals surface area contributed by atoms with Gasteiger partial charge in [-0.1, -0.05) is 0 Å². The van der Waals surface area contributed by atoms with Crippen LogP contribution in [0.4, 0.5) is 0 Å². The minimum Gasteiger partial charge on any atom is -0.357 e. The van der Waals surface area contributed by atoms with Crippen LogP contribution in [0.1, 0.15) is 40.0 Å². The normalized spacial score (nSPS) is 19.7. The lowest BCUT2D eigenvalue weighted by atomic mass is 9.97. The summed E-state index contributed by atoms with van der Waals surface area (Å²) in [6.45, 7) is 12.8. The number of hydrogen-bond acceptors (Lipinski definition) is 3. The lowest BCUT2D eigenvalue weighted by Crippen LogP contribution is -2.42. The minimum atomic E-state index is 0.644. The second kappa shape index (κ2) is 10.3. The summed E-state index contributed by atoms with van der Waals surface area (Å²) in [7, 11) is 0. The maximum Gasteiger partial charge on any atom is 0.191 e. The molecule has 0 aliphatic carbocycles. The molecule has 136 valence electrons. The molecule has 1 atom stereocenters. The molecule has 0 radical (unpaired) electrons. The summed E-state index contributed by atoms with van der Waals surface area (Å²) in [6.07, 6.45) is 7.46. The Morgan fingerprint density at radius 2 is 2.25 bits per heavy atom. The number of hydrogen-bond donors (Lipinski definition) is 2. The van der Waals surface area contributed by atoms with Crippen LogP contribution in [0, 0.1) is 5.92 Å². The minimum absolute atomic E-state index is 0.644. The number of nitrogens with zero attached hydrogens (tertiary/aromatic N) is 4. The van der Waals surface area contributed by atoms with Crippen molar-refractivity contribution in [3.63, 3.8) is 0 Å². The number of guanidine groups is 1. The van der Waals surface area contributed by atoms with Crippen LogP contribution >= 0.6 is 0 Å². The molecule has 6 heteroatoms. The van der Waals surface area contributed by atoms with Crippen molar-refractivity contribution in [3.8, 4) is 0 Å². The van der Waals surface area contributed by atoms with E-state index in [1.165, 1.54) is 25.9 Å². The van der Waals surface area contributed by atoms with E-state index < -0.39 is 0 Å². The quantitative estimate of drug-likeness (QED) is 0.433. The number of likely N-dealkylation sites (tertiary alicyclic amines) is 1. The SMILES string of the molecule is CCNC(=NCC1CCCN(C(C)C)C1)NCCCn1cccn1. The zero-order chi connectivity index (χ0) is 17.2. The first kappa shape index (κ1) is 18.8. The molecule has 0 bridgehead atoms. The standard InChI is InChI=1S/C18H34N6/c1-4-19-18(20-9-6-12-24-13-7-10-22-24)21-14-17-8-5-11-23(15-17)16(2)3/h7,10,13,16-17H,4-6,8-9,11-12,14-15H2,1-3H3,(H2,19,20,21). The lowest BCUT2D eigenvalue weighted by Gasteiger charge is -2.34. The first-order valence-electron chi connectivity index (χ1n) is 9.42. The third-order valence-corrected chi connectivity index (χ3v) is 4.55. The summed E-state index contributed by atoms with van der Waals surface area (Å²) >= 11 is 0. The summed E-state index contributed by atoms with van der Waals surface area (Å²) in [6, 6.07) is 2.61. The molecule has 1 aliphatic rings. The van der Waals surface area contributed by atoms with Crippen molar-refractivity contribution in [2.24, 2.45) is 10.9 Å². The maximum atomic E-state index is 4.81. The van der Waals surface area contributed by atoms with Crippen LogP contribution in [0.15, 0.2) is 23.5 Å². The molecule has 2 rings (SSSR count). The van der Waals surface area contributed by atoms with E-state index in [1.54, 1.807) is 0 Å². The molecule has 1 saturated heterocycles. The highest BCUT2D eigenvalue weighted by atomic mass is 15.3. The molecule has 0 aromatic carbocycles. The van der Waals surface area contributed by atoms with Gasteiger partial charge in [-0.05, 0) is 58.6 Å². The van der Waals surface area contributed by atoms with Gasteiger partial charge < -0.3 is 15.5 Å². The highest BCUT2D eigenvalue weighted by Gasteiger charge is 2.21. The first-order valence-corrected chi connectivity index (χ1v) is 9.42. The second-order valence-corrected chi connectivity index (χ2v) is 6.87. The van der Waals surface area contributed by atoms with E-state index in [1.807, 2.05) is 23.1 Å². The topological polar surface area (TPSA) is 57.5 Å². The average Bonchev–Trinajstić information content (AvgIpc) is 3.10. The fourth-order valence-electron chi connectivity index (χ4n) is 3.16. The van der Waals surface area contributed by atoms with E-state index in [-0.39, 0.29) is 0 Å². The highest BCUT2D eigenvalue weighted by molar-refractivity contribution is 5.79. The number of rotatable bonds is 8. The Kier molecular flexibility index (Phi) is 8.08. The zero-order valence-electron chi connectivity index (χ0n) is 15.5. The van der Waals surface area contributed by atoms with Gasteiger partial charge in [-0.15, -0.1) is 0 Å². The van der Waals surface area contributed by atoms with E-state index in [0.717, 1.165) is 38.6 Å². The molecule has 1 unspecified atom stereocenters. The Balaban J connectivity index is 1.73. The van der Waals surface area contributed by atoms with Gasteiger partial charge in [0.25, 0.3) is 0 Å². The fourth-order valence-corrected chi connectivity index (χ4v) is 3.16. The monoisotopic (exact) mass is 334 g/mol. The van der Waals surface area contributed by atoms with Gasteiger partial charge in [0, 0.05) is 51.2 Å². The Morgan fingerprint density at radius 1 is 1.38 bits per heavy atom. The third-order valence-electron chi connectivity index (χ3n) is 4.55. The average molecular weight is 335 g/mol. The van der Waals surface area contributed by atoms with Gasteiger partial charge in [0.05, 0.1) is 0 Å². The number of piperidine rings is 1. The van der Waals surface area contributed by atoms with E-state index >= 15 is 0 Å². The molecular formula is C18H34N6. The molecule has 6 nitrogen and oxygen atoms in total. The lowest BCUT2D eigenvalue weighted by molar-refractivity contribution is 0.143. The summed E-state index contributed by atoms with van der Waals surface area (Å²) < 4.78 is 1.97. The summed E-state index contributed by atoms with van der Waals surface area (Å²) in [5.74, 6) is 1.63. The number of aliphatic imine (C=N–C) groups is 1. The van der Waals surface area contributed by atoms with Crippen LogP contribution in [-0.2, 0) is 6.54 Å². The van der Waals surface area contributed by atoms with Gasteiger partial charge in [0.2, 0.25) is 0 Å². The number of nitrogens with one attached hydrogen (secondary N) is 2. The van der Waals surface area contributed by atoms with Crippen molar-refractivity contribution in [3.05, 3.63) is 18.5 Å². The molecule has 1 aromatic heterocycles. The first-order chi connectivity index (χ1) is 11.7. The molecule has 24 heavy (non-hydrogen) atoms. The highest BCUT2D eigenvalue weighted by Crippen LogP contribution is 2.18. The molecule has 1 aliphatic heterocycles. The predicted molar refractivity (Wildman–Crippen MR) is 100 cm³/mol. The van der Waals surface area contributed by atoms with Crippen molar-refractivity contribution >= 4 is 5.96 Å². The van der Waals surface area contributed by atoms with Gasteiger partial charge in [0.1, 0.15) is 0 Å². The van der Waals surface area contributed by atoms with Crippen molar-refractivity contribution in [2.75, 3.05) is 32.7 Å². The molecule has 0 saturated carbocycles. The molecular weight excluding hydrogens is 300 g/mol. The smallest absolute Gasteiger partial charge is 0.191 e. The molecule has 0 amide bonds. The largest absolute Gasteiger partial charge is 0.357 e.